The minimum atomic E-state index is 0.603. The van der Waals surface area contributed by atoms with Crippen molar-refractivity contribution >= 4 is 10.8 Å². The number of pyridine rings is 1. The summed E-state index contributed by atoms with van der Waals surface area (Å²) in [4.78, 5) is 0. The van der Waals surface area contributed by atoms with Crippen LogP contribution in [0.4, 0.5) is 0 Å². The summed E-state index contributed by atoms with van der Waals surface area (Å²) in [6, 6.07) is 14.5. The highest BCUT2D eigenvalue weighted by Crippen LogP contribution is 2.38. The van der Waals surface area contributed by atoms with Crippen LogP contribution in [0.3, 0.4) is 0 Å². The van der Waals surface area contributed by atoms with Gasteiger partial charge in [-0.25, -0.2) is 0 Å². The maximum Gasteiger partial charge on any atom is 0.220 e. The van der Waals surface area contributed by atoms with Crippen molar-refractivity contribution in [3.05, 3.63) is 64.3 Å². The molecule has 1 aromatic heterocycles. The molecule has 158 valence electrons. The molecular formula is C29H38N+. The molecule has 0 amide bonds. The van der Waals surface area contributed by atoms with Gasteiger partial charge in [0.1, 0.15) is 7.05 Å². The van der Waals surface area contributed by atoms with Crippen LogP contribution in [0.15, 0.2) is 36.4 Å². The van der Waals surface area contributed by atoms with Crippen LogP contribution in [-0.4, -0.2) is 0 Å². The van der Waals surface area contributed by atoms with Crippen LogP contribution < -0.4 is 4.57 Å². The molecule has 1 nitrogen and oxygen atoms in total. The Morgan fingerprint density at radius 3 is 2.40 bits per heavy atom. The Morgan fingerprint density at radius 1 is 0.967 bits per heavy atom. The van der Waals surface area contributed by atoms with Crippen LogP contribution in [0.5, 0.6) is 0 Å². The molecule has 30 heavy (non-hydrogen) atoms. The van der Waals surface area contributed by atoms with E-state index in [1.54, 1.807) is 5.56 Å². The van der Waals surface area contributed by atoms with Gasteiger partial charge in [-0.15, -0.1) is 0 Å². The fraction of sp³-hybridized carbons (Fsp3) is 0.483. The topological polar surface area (TPSA) is 3.88 Å². The molecule has 0 radical (unpaired) electrons. The van der Waals surface area contributed by atoms with Crippen molar-refractivity contribution in [3.63, 3.8) is 0 Å². The second-order valence-corrected chi connectivity index (χ2v) is 9.69. The maximum atomic E-state index is 2.52. The molecule has 1 unspecified atom stereocenters. The summed E-state index contributed by atoms with van der Waals surface area (Å²) in [5.41, 5.74) is 9.97. The van der Waals surface area contributed by atoms with Gasteiger partial charge in [-0.05, 0) is 84.7 Å². The minimum absolute atomic E-state index is 0.603. The van der Waals surface area contributed by atoms with E-state index in [0.717, 1.165) is 5.92 Å². The average Bonchev–Trinajstić information content (AvgIpc) is 2.76. The van der Waals surface area contributed by atoms with Crippen LogP contribution in [0.25, 0.3) is 22.0 Å². The predicted molar refractivity (Wildman–Crippen MR) is 129 cm³/mol. The van der Waals surface area contributed by atoms with Gasteiger partial charge in [0.2, 0.25) is 5.69 Å². The molecule has 1 aliphatic carbocycles. The van der Waals surface area contributed by atoms with E-state index < -0.39 is 0 Å². The quantitative estimate of drug-likeness (QED) is 0.393. The van der Waals surface area contributed by atoms with Crippen LogP contribution in [0.2, 0.25) is 0 Å². The third-order valence-electron chi connectivity index (χ3n) is 7.76. The Kier molecular flexibility index (Phi) is 6.00. The molecule has 1 heteroatoms. The monoisotopic (exact) mass is 400 g/mol. The lowest BCUT2D eigenvalue weighted by Gasteiger charge is -2.24. The van der Waals surface area contributed by atoms with E-state index in [9.17, 15) is 0 Å². The molecule has 4 rings (SSSR count). The summed E-state index contributed by atoms with van der Waals surface area (Å²) in [5.74, 6) is 1.33. The average molecular weight is 401 g/mol. The molecule has 1 atom stereocenters. The van der Waals surface area contributed by atoms with E-state index in [1.165, 1.54) is 82.9 Å². The van der Waals surface area contributed by atoms with Crippen LogP contribution in [0, 0.1) is 20.8 Å². The third-order valence-corrected chi connectivity index (χ3v) is 7.76. The van der Waals surface area contributed by atoms with Crippen molar-refractivity contribution in [2.75, 3.05) is 0 Å². The van der Waals surface area contributed by atoms with E-state index in [2.05, 4.69) is 82.6 Å². The predicted octanol–water partition coefficient (Wildman–Crippen LogP) is 7.82. The Bertz CT molecular complexity index is 1070. The number of hydrogen-bond donors (Lipinski definition) is 0. The zero-order valence-corrected chi connectivity index (χ0v) is 19.8. The van der Waals surface area contributed by atoms with Crippen molar-refractivity contribution in [3.8, 4) is 11.3 Å². The molecule has 0 aliphatic heterocycles. The molecule has 1 fully saturated rings. The van der Waals surface area contributed by atoms with E-state index >= 15 is 0 Å². The van der Waals surface area contributed by atoms with E-state index in [4.69, 9.17) is 0 Å². The second kappa shape index (κ2) is 8.53. The van der Waals surface area contributed by atoms with Crippen molar-refractivity contribution in [2.45, 2.75) is 85.0 Å². The van der Waals surface area contributed by atoms with E-state index in [1.807, 2.05) is 0 Å². The maximum absolute atomic E-state index is 2.52. The highest BCUT2D eigenvalue weighted by atomic mass is 14.9. The first-order valence-corrected chi connectivity index (χ1v) is 12.0. The lowest BCUT2D eigenvalue weighted by atomic mass is 9.81. The number of aromatic nitrogens is 1. The molecule has 0 saturated heterocycles. The number of benzene rings is 2. The van der Waals surface area contributed by atoms with E-state index in [0.29, 0.717) is 5.92 Å². The van der Waals surface area contributed by atoms with Gasteiger partial charge in [0.25, 0.3) is 0 Å². The van der Waals surface area contributed by atoms with Gasteiger partial charge in [-0.2, -0.15) is 4.57 Å². The van der Waals surface area contributed by atoms with Gasteiger partial charge in [-0.1, -0.05) is 51.3 Å². The summed E-state index contributed by atoms with van der Waals surface area (Å²) in [6.45, 7) is 11.5. The first-order chi connectivity index (χ1) is 14.4. The second-order valence-electron chi connectivity index (χ2n) is 9.69. The highest BCUT2D eigenvalue weighted by molar-refractivity contribution is 5.94. The van der Waals surface area contributed by atoms with Crippen molar-refractivity contribution in [1.29, 1.82) is 0 Å². The molecule has 3 aromatic rings. The fourth-order valence-electron chi connectivity index (χ4n) is 5.27. The first kappa shape index (κ1) is 21.1. The number of hydrogen-bond acceptors (Lipinski definition) is 0. The SMILES string of the molecule is CCC(C)c1ccc2c(-c3cc(C4CCCCC4)cc(C)c3C)[n+](C)c(C)cc2c1. The van der Waals surface area contributed by atoms with E-state index in [-0.39, 0.29) is 0 Å². The molecule has 1 heterocycles. The fourth-order valence-corrected chi connectivity index (χ4v) is 5.27. The Morgan fingerprint density at radius 2 is 1.70 bits per heavy atom. The normalized spacial score (nSPS) is 16.2. The standard InChI is InChI=1S/C29H38N/c1-7-19(2)24-13-14-27-26(17-24)16-21(4)30(6)29(27)28-18-25(15-20(3)22(28)5)23-11-9-8-10-12-23/h13-19,23H,7-12H2,1-6H3/q+1. The lowest BCUT2D eigenvalue weighted by Crippen LogP contribution is -2.35. The van der Waals surface area contributed by atoms with Gasteiger partial charge >= 0.3 is 0 Å². The molecule has 0 N–H and O–H groups in total. The van der Waals surface area contributed by atoms with Crippen molar-refractivity contribution in [1.82, 2.24) is 0 Å². The van der Waals surface area contributed by atoms with Gasteiger partial charge < -0.3 is 0 Å². The number of nitrogens with zero attached hydrogens (tertiary/aromatic N) is 1. The van der Waals surface area contributed by atoms with Gasteiger partial charge in [-0.3, -0.25) is 0 Å². The summed E-state index contributed by atoms with van der Waals surface area (Å²) in [6.07, 6.45) is 8.05. The van der Waals surface area contributed by atoms with Gasteiger partial charge in [0.05, 0.1) is 10.9 Å². The molecule has 2 aromatic carbocycles. The lowest BCUT2D eigenvalue weighted by molar-refractivity contribution is -0.665. The van der Waals surface area contributed by atoms with Gasteiger partial charge in [0, 0.05) is 13.0 Å². The minimum Gasteiger partial charge on any atom is -0.198 e. The molecular weight excluding hydrogens is 362 g/mol. The van der Waals surface area contributed by atoms with Crippen LogP contribution in [0.1, 0.15) is 92.2 Å². The van der Waals surface area contributed by atoms with Gasteiger partial charge in [0.15, 0.2) is 5.69 Å². The van der Waals surface area contributed by atoms with Crippen LogP contribution in [-0.2, 0) is 7.05 Å². The zero-order valence-electron chi connectivity index (χ0n) is 19.8. The van der Waals surface area contributed by atoms with Crippen LogP contribution >= 0.6 is 0 Å². The Labute approximate surface area is 183 Å². The Hall–Kier alpha value is -2.15. The Balaban J connectivity index is 1.94. The summed E-state index contributed by atoms with van der Waals surface area (Å²) < 4.78 is 2.40. The number of rotatable bonds is 4. The van der Waals surface area contributed by atoms with Crippen molar-refractivity contribution in [2.24, 2.45) is 7.05 Å². The highest BCUT2D eigenvalue weighted by Gasteiger charge is 2.24. The molecule has 1 saturated carbocycles. The number of fused-ring (bicyclic) bond motifs is 1. The number of aryl methyl sites for hydroxylation is 2. The summed E-state index contributed by atoms with van der Waals surface area (Å²) >= 11 is 0. The summed E-state index contributed by atoms with van der Waals surface area (Å²) in [7, 11) is 2.23. The first-order valence-electron chi connectivity index (χ1n) is 12.0. The smallest absolute Gasteiger partial charge is 0.198 e. The summed E-state index contributed by atoms with van der Waals surface area (Å²) in [5, 5.41) is 2.75. The zero-order chi connectivity index (χ0) is 21.4. The molecule has 0 spiro atoms. The third kappa shape index (κ3) is 3.80. The van der Waals surface area contributed by atoms with Crippen molar-refractivity contribution < 1.29 is 4.57 Å². The largest absolute Gasteiger partial charge is 0.220 e. The molecule has 0 bridgehead atoms. The molecule has 1 aliphatic rings.